The summed E-state index contributed by atoms with van der Waals surface area (Å²) in [5, 5.41) is 12.8. The number of rotatable bonds is 6. The van der Waals surface area contributed by atoms with Crippen molar-refractivity contribution in [2.24, 2.45) is 5.41 Å². The Morgan fingerprint density at radius 2 is 2.09 bits per heavy atom. The predicted octanol–water partition coefficient (Wildman–Crippen LogP) is 2.69. The van der Waals surface area contributed by atoms with Crippen molar-refractivity contribution in [2.45, 2.75) is 27.2 Å². The smallest absolute Gasteiger partial charge is 0.252 e. The molecule has 2 N–H and O–H groups in total. The van der Waals surface area contributed by atoms with Crippen LogP contribution in [0.3, 0.4) is 0 Å². The van der Waals surface area contributed by atoms with E-state index in [4.69, 9.17) is 9.84 Å². The molecule has 124 valence electrons. The molecule has 0 bridgehead atoms. The van der Waals surface area contributed by atoms with Crippen molar-refractivity contribution in [1.82, 2.24) is 10.3 Å². The number of benzene rings is 1. The first kappa shape index (κ1) is 17.2. The second-order valence-electron chi connectivity index (χ2n) is 6.51. The number of carbonyl (C=O) groups excluding carboxylic acids is 1. The molecule has 0 saturated carbocycles. The number of aryl methyl sites for hydroxylation is 1. The van der Waals surface area contributed by atoms with Gasteiger partial charge in [0.25, 0.3) is 5.91 Å². The van der Waals surface area contributed by atoms with E-state index in [-0.39, 0.29) is 17.9 Å². The van der Waals surface area contributed by atoms with E-state index in [0.717, 1.165) is 16.6 Å². The first-order chi connectivity index (χ1) is 10.9. The summed E-state index contributed by atoms with van der Waals surface area (Å²) in [5.41, 5.74) is 2.00. The van der Waals surface area contributed by atoms with Crippen LogP contribution in [0.4, 0.5) is 0 Å². The maximum absolute atomic E-state index is 12.6. The van der Waals surface area contributed by atoms with E-state index < -0.39 is 0 Å². The number of nitrogens with one attached hydrogen (secondary N) is 1. The molecule has 0 aliphatic heterocycles. The number of carbonyl (C=O) groups is 1. The number of fused-ring (bicyclic) bond motifs is 1. The Hall–Kier alpha value is -2.14. The van der Waals surface area contributed by atoms with Crippen LogP contribution in [0.15, 0.2) is 24.3 Å². The summed E-state index contributed by atoms with van der Waals surface area (Å²) in [6, 6.07) is 7.31. The molecule has 1 aromatic carbocycles. The fourth-order valence-corrected chi connectivity index (χ4v) is 2.46. The second-order valence-corrected chi connectivity index (χ2v) is 6.51. The van der Waals surface area contributed by atoms with E-state index in [2.05, 4.69) is 10.3 Å². The van der Waals surface area contributed by atoms with Crippen molar-refractivity contribution < 1.29 is 14.6 Å². The first-order valence-electron chi connectivity index (χ1n) is 7.71. The molecule has 0 saturated heterocycles. The Morgan fingerprint density at radius 1 is 1.35 bits per heavy atom. The summed E-state index contributed by atoms with van der Waals surface area (Å²) in [7, 11) is 1.60. The van der Waals surface area contributed by atoms with Crippen molar-refractivity contribution in [1.29, 1.82) is 0 Å². The van der Waals surface area contributed by atoms with Crippen LogP contribution >= 0.6 is 0 Å². The molecule has 23 heavy (non-hydrogen) atoms. The molecule has 2 aromatic rings. The zero-order chi connectivity index (χ0) is 17.0. The monoisotopic (exact) mass is 316 g/mol. The van der Waals surface area contributed by atoms with Crippen molar-refractivity contribution in [2.75, 3.05) is 20.3 Å². The lowest BCUT2D eigenvalue weighted by atomic mass is 9.89. The van der Waals surface area contributed by atoms with Gasteiger partial charge in [-0.05, 0) is 43.0 Å². The minimum Gasteiger partial charge on any atom is -0.497 e. The highest BCUT2D eigenvalue weighted by Gasteiger charge is 2.20. The third kappa shape index (κ3) is 4.20. The Balaban J connectivity index is 2.32. The molecule has 0 unspecified atom stereocenters. The van der Waals surface area contributed by atoms with Gasteiger partial charge >= 0.3 is 0 Å². The summed E-state index contributed by atoms with van der Waals surface area (Å²) in [6.07, 6.45) is 0.636. The van der Waals surface area contributed by atoms with Crippen LogP contribution in [-0.2, 0) is 0 Å². The van der Waals surface area contributed by atoms with Crippen molar-refractivity contribution >= 4 is 16.8 Å². The van der Waals surface area contributed by atoms with Gasteiger partial charge in [0.1, 0.15) is 5.75 Å². The Kier molecular flexibility index (Phi) is 5.21. The Morgan fingerprint density at radius 3 is 2.74 bits per heavy atom. The normalized spacial score (nSPS) is 11.5. The van der Waals surface area contributed by atoms with Crippen molar-refractivity contribution in [3.63, 3.8) is 0 Å². The van der Waals surface area contributed by atoms with Crippen LogP contribution in [-0.4, -0.2) is 36.3 Å². The van der Waals surface area contributed by atoms with Gasteiger partial charge in [0.15, 0.2) is 0 Å². The number of hydrogen-bond acceptors (Lipinski definition) is 4. The number of aromatic nitrogens is 1. The first-order valence-corrected chi connectivity index (χ1v) is 7.71. The largest absolute Gasteiger partial charge is 0.497 e. The maximum Gasteiger partial charge on any atom is 0.252 e. The molecule has 2 rings (SSSR count). The standard InChI is InChI=1S/C18H24N2O3/c1-12-9-15(17(22)19-11-18(2,3)7-8-21)14-10-13(23-4)5-6-16(14)20-12/h5-6,9-10,21H,7-8,11H2,1-4H3,(H,19,22). The molecule has 5 heteroatoms. The van der Waals surface area contributed by atoms with Gasteiger partial charge in [0, 0.05) is 24.2 Å². The third-order valence-corrected chi connectivity index (χ3v) is 3.90. The summed E-state index contributed by atoms with van der Waals surface area (Å²) < 4.78 is 5.25. The molecular weight excluding hydrogens is 292 g/mol. The number of hydrogen-bond donors (Lipinski definition) is 2. The summed E-state index contributed by atoms with van der Waals surface area (Å²) in [4.78, 5) is 17.1. The van der Waals surface area contributed by atoms with Crippen LogP contribution in [0.25, 0.3) is 10.9 Å². The van der Waals surface area contributed by atoms with Crippen LogP contribution in [0.2, 0.25) is 0 Å². The third-order valence-electron chi connectivity index (χ3n) is 3.90. The lowest BCUT2D eigenvalue weighted by Crippen LogP contribution is -2.34. The molecule has 0 aliphatic rings. The lowest BCUT2D eigenvalue weighted by Gasteiger charge is -2.24. The topological polar surface area (TPSA) is 71.5 Å². The average molecular weight is 316 g/mol. The molecule has 0 spiro atoms. The summed E-state index contributed by atoms with van der Waals surface area (Å²) >= 11 is 0. The van der Waals surface area contributed by atoms with E-state index in [1.165, 1.54) is 0 Å². The Bertz CT molecular complexity index is 711. The fraction of sp³-hybridized carbons (Fsp3) is 0.444. The quantitative estimate of drug-likeness (QED) is 0.859. The van der Waals surface area contributed by atoms with Gasteiger partial charge in [-0.3, -0.25) is 9.78 Å². The van der Waals surface area contributed by atoms with E-state index >= 15 is 0 Å². The van der Waals surface area contributed by atoms with Gasteiger partial charge < -0.3 is 15.2 Å². The van der Waals surface area contributed by atoms with Gasteiger partial charge in [-0.2, -0.15) is 0 Å². The number of methoxy groups -OCH3 is 1. The summed E-state index contributed by atoms with van der Waals surface area (Å²) in [6.45, 7) is 6.51. The molecule has 0 aliphatic carbocycles. The van der Waals surface area contributed by atoms with Gasteiger partial charge in [-0.25, -0.2) is 0 Å². The minimum absolute atomic E-state index is 0.108. The number of aliphatic hydroxyl groups excluding tert-OH is 1. The maximum atomic E-state index is 12.6. The average Bonchev–Trinajstić information content (AvgIpc) is 2.51. The highest BCUT2D eigenvalue weighted by molar-refractivity contribution is 6.06. The number of nitrogens with zero attached hydrogens (tertiary/aromatic N) is 1. The predicted molar refractivity (Wildman–Crippen MR) is 90.8 cm³/mol. The lowest BCUT2D eigenvalue weighted by molar-refractivity contribution is 0.0929. The van der Waals surface area contributed by atoms with Gasteiger partial charge in [0.05, 0.1) is 18.2 Å². The molecule has 1 aromatic heterocycles. The van der Waals surface area contributed by atoms with Gasteiger partial charge in [-0.1, -0.05) is 13.8 Å². The zero-order valence-corrected chi connectivity index (χ0v) is 14.1. The van der Waals surface area contributed by atoms with E-state index in [1.807, 2.05) is 39.0 Å². The number of pyridine rings is 1. The van der Waals surface area contributed by atoms with Crippen LogP contribution in [0.1, 0.15) is 36.3 Å². The number of aliphatic hydroxyl groups is 1. The van der Waals surface area contributed by atoms with Crippen molar-refractivity contribution in [3.8, 4) is 5.75 Å². The van der Waals surface area contributed by atoms with Gasteiger partial charge in [-0.15, -0.1) is 0 Å². The van der Waals surface area contributed by atoms with Gasteiger partial charge in [0.2, 0.25) is 0 Å². The second kappa shape index (κ2) is 6.96. The molecule has 0 atom stereocenters. The SMILES string of the molecule is COc1ccc2nc(C)cc(C(=O)NCC(C)(C)CCO)c2c1. The summed E-state index contributed by atoms with van der Waals surface area (Å²) in [5.74, 6) is 0.553. The molecule has 1 amide bonds. The van der Waals surface area contributed by atoms with Crippen LogP contribution in [0, 0.1) is 12.3 Å². The van der Waals surface area contributed by atoms with E-state index in [1.54, 1.807) is 13.2 Å². The van der Waals surface area contributed by atoms with E-state index in [9.17, 15) is 4.79 Å². The molecule has 1 heterocycles. The number of ether oxygens (including phenoxy) is 1. The zero-order valence-electron chi connectivity index (χ0n) is 14.1. The van der Waals surface area contributed by atoms with Crippen LogP contribution < -0.4 is 10.1 Å². The molecule has 5 nitrogen and oxygen atoms in total. The minimum atomic E-state index is -0.153. The highest BCUT2D eigenvalue weighted by atomic mass is 16.5. The molecule has 0 fully saturated rings. The van der Waals surface area contributed by atoms with E-state index in [0.29, 0.717) is 24.3 Å². The highest BCUT2D eigenvalue weighted by Crippen LogP contribution is 2.24. The molecule has 0 radical (unpaired) electrons. The Labute approximate surface area is 136 Å². The number of amides is 1. The fourth-order valence-electron chi connectivity index (χ4n) is 2.46. The van der Waals surface area contributed by atoms with Crippen LogP contribution in [0.5, 0.6) is 5.75 Å². The van der Waals surface area contributed by atoms with Crippen molar-refractivity contribution in [3.05, 3.63) is 35.5 Å². The molecular formula is C18H24N2O3.